The molecule has 0 saturated heterocycles. The number of carbonyl (C=O) groups excluding carboxylic acids is 1. The molecule has 0 aliphatic rings. The maximum Gasteiger partial charge on any atom is 0.253 e. The predicted octanol–water partition coefficient (Wildman–Crippen LogP) is 3.99. The maximum absolute atomic E-state index is 12.3. The normalized spacial score (nSPS) is 10.0. The molecule has 2 aromatic rings. The molecule has 0 aliphatic carbocycles. The number of nitrogens with zero attached hydrogens (tertiary/aromatic N) is 1. The largest absolute Gasteiger partial charge is 0.497 e. The van der Waals surface area contributed by atoms with E-state index in [9.17, 15) is 4.79 Å². The molecule has 0 spiro atoms. The van der Waals surface area contributed by atoms with E-state index in [1.807, 2.05) is 50.2 Å². The van der Waals surface area contributed by atoms with E-state index in [1.54, 1.807) is 24.1 Å². The van der Waals surface area contributed by atoms with Crippen LogP contribution in [0.1, 0.15) is 24.2 Å². The van der Waals surface area contributed by atoms with Crippen LogP contribution in [-0.4, -0.2) is 36.1 Å². The number of rotatable bonds is 6. The second-order valence-electron chi connectivity index (χ2n) is 5.36. The van der Waals surface area contributed by atoms with E-state index in [-0.39, 0.29) is 5.91 Å². The van der Waals surface area contributed by atoms with Crippen LogP contribution in [0.2, 0.25) is 0 Å². The highest BCUT2D eigenvalue weighted by Crippen LogP contribution is 2.16. The van der Waals surface area contributed by atoms with Crippen molar-refractivity contribution in [3.63, 3.8) is 0 Å². The van der Waals surface area contributed by atoms with E-state index in [4.69, 9.17) is 17.0 Å². The number of methoxy groups -OCH3 is 1. The quantitative estimate of drug-likeness (QED) is 0.766. The molecular weight excluding hydrogens is 334 g/mol. The van der Waals surface area contributed by atoms with Crippen LogP contribution in [0.3, 0.4) is 0 Å². The highest BCUT2D eigenvalue weighted by Gasteiger charge is 2.12. The molecule has 0 saturated carbocycles. The number of anilines is 2. The molecule has 5 nitrogen and oxygen atoms in total. The van der Waals surface area contributed by atoms with E-state index >= 15 is 0 Å². The highest BCUT2D eigenvalue weighted by molar-refractivity contribution is 7.80. The van der Waals surface area contributed by atoms with E-state index in [0.717, 1.165) is 17.1 Å². The summed E-state index contributed by atoms with van der Waals surface area (Å²) in [4.78, 5) is 14.1. The summed E-state index contributed by atoms with van der Waals surface area (Å²) in [6, 6.07) is 14.8. The second kappa shape index (κ2) is 9.03. The van der Waals surface area contributed by atoms with Gasteiger partial charge < -0.3 is 20.3 Å². The summed E-state index contributed by atoms with van der Waals surface area (Å²) in [5.41, 5.74) is 2.36. The van der Waals surface area contributed by atoms with Gasteiger partial charge in [-0.05, 0) is 74.6 Å². The van der Waals surface area contributed by atoms with Gasteiger partial charge in [-0.1, -0.05) is 0 Å². The van der Waals surface area contributed by atoms with Gasteiger partial charge in [0, 0.05) is 30.0 Å². The second-order valence-corrected chi connectivity index (χ2v) is 5.77. The zero-order valence-electron chi connectivity index (χ0n) is 14.7. The molecule has 0 atom stereocenters. The van der Waals surface area contributed by atoms with Gasteiger partial charge in [0.15, 0.2) is 5.11 Å². The Morgan fingerprint density at radius 1 is 0.960 bits per heavy atom. The van der Waals surface area contributed by atoms with Gasteiger partial charge in [-0.2, -0.15) is 0 Å². The van der Waals surface area contributed by atoms with Crippen molar-refractivity contribution < 1.29 is 9.53 Å². The van der Waals surface area contributed by atoms with Gasteiger partial charge in [-0.25, -0.2) is 0 Å². The monoisotopic (exact) mass is 357 g/mol. The van der Waals surface area contributed by atoms with Crippen molar-refractivity contribution in [2.24, 2.45) is 0 Å². The Labute approximate surface area is 154 Å². The Morgan fingerprint density at radius 3 is 1.88 bits per heavy atom. The van der Waals surface area contributed by atoms with Gasteiger partial charge >= 0.3 is 0 Å². The van der Waals surface area contributed by atoms with Crippen LogP contribution >= 0.6 is 12.2 Å². The fourth-order valence-corrected chi connectivity index (χ4v) is 2.59. The van der Waals surface area contributed by atoms with Crippen LogP contribution in [0.15, 0.2) is 48.5 Å². The lowest BCUT2D eigenvalue weighted by atomic mass is 10.2. The van der Waals surface area contributed by atoms with Crippen molar-refractivity contribution in [2.75, 3.05) is 30.8 Å². The Hall–Kier alpha value is -2.60. The Kier molecular flexibility index (Phi) is 6.77. The van der Waals surface area contributed by atoms with Gasteiger partial charge in [-0.3, -0.25) is 4.79 Å². The lowest BCUT2D eigenvalue weighted by Gasteiger charge is -2.18. The molecule has 2 rings (SSSR count). The molecule has 0 unspecified atom stereocenters. The summed E-state index contributed by atoms with van der Waals surface area (Å²) in [6.07, 6.45) is 0. The molecule has 0 bridgehead atoms. The van der Waals surface area contributed by atoms with Gasteiger partial charge in [0.25, 0.3) is 5.91 Å². The summed E-state index contributed by atoms with van der Waals surface area (Å²) >= 11 is 5.31. The Bertz CT molecular complexity index is 710. The van der Waals surface area contributed by atoms with Crippen LogP contribution < -0.4 is 15.4 Å². The van der Waals surface area contributed by atoms with E-state index < -0.39 is 0 Å². The fourth-order valence-electron chi connectivity index (χ4n) is 2.36. The lowest BCUT2D eigenvalue weighted by molar-refractivity contribution is 0.0773. The average Bonchev–Trinajstić information content (AvgIpc) is 2.64. The minimum Gasteiger partial charge on any atom is -0.497 e. The first-order valence-electron chi connectivity index (χ1n) is 8.18. The maximum atomic E-state index is 12.3. The predicted molar refractivity (Wildman–Crippen MR) is 107 cm³/mol. The van der Waals surface area contributed by atoms with Gasteiger partial charge in [0.2, 0.25) is 0 Å². The number of hydrogen-bond donors (Lipinski definition) is 2. The molecule has 2 aromatic carbocycles. The van der Waals surface area contributed by atoms with Crippen molar-refractivity contribution in [3.05, 3.63) is 54.1 Å². The molecule has 0 heterocycles. The van der Waals surface area contributed by atoms with Crippen molar-refractivity contribution in [1.82, 2.24) is 4.90 Å². The molecule has 0 fully saturated rings. The van der Waals surface area contributed by atoms with Crippen LogP contribution in [0.5, 0.6) is 5.75 Å². The molecule has 0 aromatic heterocycles. The van der Waals surface area contributed by atoms with Crippen LogP contribution in [0.25, 0.3) is 0 Å². The highest BCUT2D eigenvalue weighted by atomic mass is 32.1. The summed E-state index contributed by atoms with van der Waals surface area (Å²) in [5, 5.41) is 6.69. The first-order valence-corrected chi connectivity index (χ1v) is 8.59. The molecule has 6 heteroatoms. The number of amides is 1. The van der Waals surface area contributed by atoms with Crippen molar-refractivity contribution in [1.29, 1.82) is 0 Å². The van der Waals surface area contributed by atoms with Gasteiger partial charge in [0.05, 0.1) is 7.11 Å². The first kappa shape index (κ1) is 18.7. The number of thiocarbonyl (C=S) groups is 1. The number of benzene rings is 2. The van der Waals surface area contributed by atoms with Crippen LogP contribution in [-0.2, 0) is 0 Å². The van der Waals surface area contributed by atoms with E-state index in [0.29, 0.717) is 23.8 Å². The number of hydrogen-bond acceptors (Lipinski definition) is 3. The van der Waals surface area contributed by atoms with Crippen molar-refractivity contribution in [2.45, 2.75) is 13.8 Å². The summed E-state index contributed by atoms with van der Waals surface area (Å²) in [5.74, 6) is 0.827. The molecule has 132 valence electrons. The third-order valence-corrected chi connectivity index (χ3v) is 3.99. The number of carbonyl (C=O) groups is 1. The standard InChI is InChI=1S/C19H23N3O2S/c1-4-22(5-2)18(23)14-6-8-15(9-7-14)20-19(25)21-16-10-12-17(24-3)13-11-16/h6-13H,4-5H2,1-3H3,(H2,20,21,25). The number of nitrogens with one attached hydrogen (secondary N) is 2. The topological polar surface area (TPSA) is 53.6 Å². The van der Waals surface area contributed by atoms with Crippen molar-refractivity contribution >= 4 is 34.6 Å². The van der Waals surface area contributed by atoms with Gasteiger partial charge in [-0.15, -0.1) is 0 Å². The molecule has 0 radical (unpaired) electrons. The smallest absolute Gasteiger partial charge is 0.253 e. The Morgan fingerprint density at radius 2 is 1.44 bits per heavy atom. The molecule has 0 aliphatic heterocycles. The molecule has 2 N–H and O–H groups in total. The third kappa shape index (κ3) is 5.19. The summed E-state index contributed by atoms with van der Waals surface area (Å²) in [7, 11) is 1.63. The van der Waals surface area contributed by atoms with E-state index in [2.05, 4.69) is 10.6 Å². The molecular formula is C19H23N3O2S. The summed E-state index contributed by atoms with van der Waals surface area (Å²) in [6.45, 7) is 5.34. The fraction of sp³-hybridized carbons (Fsp3) is 0.263. The Balaban J connectivity index is 1.95. The average molecular weight is 357 g/mol. The lowest BCUT2D eigenvalue weighted by Crippen LogP contribution is -2.30. The van der Waals surface area contributed by atoms with Crippen LogP contribution in [0.4, 0.5) is 11.4 Å². The van der Waals surface area contributed by atoms with Gasteiger partial charge in [0.1, 0.15) is 5.75 Å². The minimum absolute atomic E-state index is 0.0375. The molecule has 1 amide bonds. The summed E-state index contributed by atoms with van der Waals surface area (Å²) < 4.78 is 5.13. The third-order valence-electron chi connectivity index (χ3n) is 3.79. The SMILES string of the molecule is CCN(CC)C(=O)c1ccc(NC(=S)Nc2ccc(OC)cc2)cc1. The zero-order chi connectivity index (χ0) is 18.2. The zero-order valence-corrected chi connectivity index (χ0v) is 15.5. The van der Waals surface area contributed by atoms with Crippen LogP contribution in [0, 0.1) is 0 Å². The molecule has 25 heavy (non-hydrogen) atoms. The number of ether oxygens (including phenoxy) is 1. The van der Waals surface area contributed by atoms with Crippen molar-refractivity contribution in [3.8, 4) is 5.75 Å². The van der Waals surface area contributed by atoms with E-state index in [1.165, 1.54) is 0 Å². The minimum atomic E-state index is 0.0375. The first-order chi connectivity index (χ1) is 12.1.